The average molecular weight is 627 g/mol. The SMILES string of the molecule is CC(C)(N=C=O)c1cccc(C(C)(C)OC#N)c1.N#COCC1CCCC(CN=C=O)C1.N#COCc1cccc(CN=C=O)c1. The molecule has 0 saturated heterocycles. The fourth-order valence-corrected chi connectivity index (χ4v) is 4.72. The van der Waals surface area contributed by atoms with Gasteiger partial charge in [0.1, 0.15) is 18.8 Å². The van der Waals surface area contributed by atoms with Crippen molar-refractivity contribution in [1.29, 1.82) is 15.8 Å². The highest BCUT2D eigenvalue weighted by atomic mass is 16.5. The van der Waals surface area contributed by atoms with E-state index in [9.17, 15) is 14.4 Å². The van der Waals surface area contributed by atoms with Crippen LogP contribution in [-0.2, 0) is 52.9 Å². The van der Waals surface area contributed by atoms with E-state index in [0.29, 0.717) is 31.5 Å². The van der Waals surface area contributed by atoms with E-state index >= 15 is 0 Å². The lowest BCUT2D eigenvalue weighted by Gasteiger charge is -2.26. The van der Waals surface area contributed by atoms with Gasteiger partial charge in [-0.15, -0.1) is 0 Å². The number of rotatable bonds is 12. The number of ether oxygens (including phenoxy) is 3. The summed E-state index contributed by atoms with van der Waals surface area (Å²) in [5.41, 5.74) is 2.16. The second-order valence-electron chi connectivity index (χ2n) is 11.4. The molecule has 0 N–H and O–H groups in total. The second kappa shape index (κ2) is 21.2. The highest BCUT2D eigenvalue weighted by molar-refractivity contribution is 5.39. The first-order valence-corrected chi connectivity index (χ1v) is 14.5. The summed E-state index contributed by atoms with van der Waals surface area (Å²) in [6.07, 6.45) is 14.0. The van der Waals surface area contributed by atoms with E-state index in [1.54, 1.807) is 30.9 Å². The van der Waals surface area contributed by atoms with Gasteiger partial charge < -0.3 is 14.2 Å². The van der Waals surface area contributed by atoms with Crippen LogP contribution in [0.25, 0.3) is 0 Å². The molecule has 12 heteroatoms. The summed E-state index contributed by atoms with van der Waals surface area (Å²) < 4.78 is 14.3. The van der Waals surface area contributed by atoms with Crippen molar-refractivity contribution in [2.75, 3.05) is 13.2 Å². The second-order valence-corrected chi connectivity index (χ2v) is 11.4. The van der Waals surface area contributed by atoms with Crippen LogP contribution in [-0.4, -0.2) is 31.4 Å². The first kappa shape index (κ1) is 38.5. The van der Waals surface area contributed by atoms with E-state index < -0.39 is 11.1 Å². The summed E-state index contributed by atoms with van der Waals surface area (Å²) in [6, 6.07) is 14.8. The Morgan fingerprint density at radius 3 is 2.09 bits per heavy atom. The standard InChI is InChI=1S/C14H16N2O2.C10H14N2O2.C10H8N2O2/c1-13(2,16-10-17)11-6-5-7-12(8-11)14(3,4)18-9-15;2*11-7-14-6-10-3-1-2-9(4-10)5-12-8-13/h5-8H,1-4H3;9-10H,1-6H2;1-4H,5-6H2. The third-order valence-corrected chi connectivity index (χ3v) is 7.20. The Balaban J connectivity index is 0.000000349. The van der Waals surface area contributed by atoms with E-state index in [-0.39, 0.29) is 6.61 Å². The summed E-state index contributed by atoms with van der Waals surface area (Å²) in [5, 5.41) is 25.1. The van der Waals surface area contributed by atoms with Crippen molar-refractivity contribution < 1.29 is 28.6 Å². The molecule has 12 nitrogen and oxygen atoms in total. The zero-order chi connectivity index (χ0) is 34.3. The molecule has 2 atom stereocenters. The fraction of sp³-hybridized carbons (Fsp3) is 0.471. The molecule has 0 radical (unpaired) electrons. The molecule has 0 bridgehead atoms. The number of hydrogen-bond donors (Lipinski definition) is 0. The van der Waals surface area contributed by atoms with Gasteiger partial charge in [-0.3, -0.25) is 0 Å². The van der Waals surface area contributed by atoms with Crippen LogP contribution in [0.4, 0.5) is 0 Å². The number of carbonyl (C=O) groups excluding carboxylic acids is 3. The van der Waals surface area contributed by atoms with Gasteiger partial charge in [-0.05, 0) is 87.1 Å². The Kier molecular flexibility index (Phi) is 17.7. The lowest BCUT2D eigenvalue weighted by Crippen LogP contribution is -2.21. The minimum absolute atomic E-state index is 0.245. The smallest absolute Gasteiger partial charge is 0.287 e. The highest BCUT2D eigenvalue weighted by Gasteiger charge is 2.26. The van der Waals surface area contributed by atoms with E-state index in [4.69, 9.17) is 25.3 Å². The molecule has 3 rings (SSSR count). The molecule has 0 spiro atoms. The Hall–Kier alpha value is -5.55. The van der Waals surface area contributed by atoms with Crippen molar-refractivity contribution in [1.82, 2.24) is 0 Å². The van der Waals surface area contributed by atoms with Crippen LogP contribution in [0.2, 0.25) is 0 Å². The Bertz CT molecular complexity index is 1520. The lowest BCUT2D eigenvalue weighted by atomic mass is 9.82. The van der Waals surface area contributed by atoms with Crippen molar-refractivity contribution in [3.63, 3.8) is 0 Å². The molecule has 2 aromatic rings. The van der Waals surface area contributed by atoms with Crippen LogP contribution in [0.15, 0.2) is 63.5 Å². The van der Waals surface area contributed by atoms with Crippen LogP contribution < -0.4 is 0 Å². The maximum absolute atomic E-state index is 10.4. The molecule has 0 aromatic heterocycles. The van der Waals surface area contributed by atoms with E-state index in [2.05, 4.69) is 19.7 Å². The monoisotopic (exact) mass is 626 g/mol. The maximum Gasteiger partial charge on any atom is 0.287 e. The molecule has 0 amide bonds. The normalized spacial score (nSPS) is 14.9. The summed E-state index contributed by atoms with van der Waals surface area (Å²) in [7, 11) is 0. The van der Waals surface area contributed by atoms with Gasteiger partial charge in [-0.1, -0.05) is 48.9 Å². The fourth-order valence-electron chi connectivity index (χ4n) is 4.72. The molecule has 1 aliphatic rings. The van der Waals surface area contributed by atoms with Crippen LogP contribution in [0.3, 0.4) is 0 Å². The number of benzene rings is 2. The molecule has 1 fully saturated rings. The first-order chi connectivity index (χ1) is 22.1. The molecule has 2 aromatic carbocycles. The van der Waals surface area contributed by atoms with Gasteiger partial charge in [0.05, 0.1) is 18.6 Å². The average Bonchev–Trinajstić information content (AvgIpc) is 3.05. The zero-order valence-corrected chi connectivity index (χ0v) is 26.6. The summed E-state index contributed by atoms with van der Waals surface area (Å²) in [6.45, 7) is 8.92. The van der Waals surface area contributed by atoms with E-state index in [1.807, 2.05) is 76.2 Å². The van der Waals surface area contributed by atoms with Gasteiger partial charge in [0.25, 0.3) is 18.8 Å². The van der Waals surface area contributed by atoms with Gasteiger partial charge in [-0.25, -0.2) is 24.4 Å². The van der Waals surface area contributed by atoms with Gasteiger partial charge in [-0.2, -0.15) is 20.8 Å². The Morgan fingerprint density at radius 1 is 0.783 bits per heavy atom. The molecule has 240 valence electrons. The number of isocyanates is 3. The number of nitrogens with zero attached hydrogens (tertiary/aromatic N) is 6. The summed E-state index contributed by atoms with van der Waals surface area (Å²) in [4.78, 5) is 41.1. The van der Waals surface area contributed by atoms with Gasteiger partial charge >= 0.3 is 0 Å². The highest BCUT2D eigenvalue weighted by Crippen LogP contribution is 2.31. The Morgan fingerprint density at radius 2 is 1.43 bits per heavy atom. The van der Waals surface area contributed by atoms with E-state index in [1.165, 1.54) is 6.08 Å². The molecule has 2 unspecified atom stereocenters. The number of hydrogen-bond acceptors (Lipinski definition) is 12. The zero-order valence-electron chi connectivity index (χ0n) is 26.6. The molecule has 0 aliphatic heterocycles. The summed E-state index contributed by atoms with van der Waals surface area (Å²) >= 11 is 0. The van der Waals surface area contributed by atoms with Gasteiger partial charge in [0, 0.05) is 0 Å². The van der Waals surface area contributed by atoms with Crippen LogP contribution >= 0.6 is 0 Å². The van der Waals surface area contributed by atoms with Crippen molar-refractivity contribution in [2.45, 2.75) is 77.7 Å². The predicted molar refractivity (Wildman–Crippen MR) is 166 cm³/mol. The molecular weight excluding hydrogens is 588 g/mol. The van der Waals surface area contributed by atoms with Crippen molar-refractivity contribution >= 4 is 18.2 Å². The van der Waals surface area contributed by atoms with Crippen LogP contribution in [0.5, 0.6) is 0 Å². The minimum Gasteiger partial charge on any atom is -0.427 e. The topological polar surface area (TPSA) is 187 Å². The third-order valence-electron chi connectivity index (χ3n) is 7.20. The molecule has 0 heterocycles. The van der Waals surface area contributed by atoms with Gasteiger partial charge in [0.15, 0.2) is 0 Å². The molecular formula is C34H38N6O6. The van der Waals surface area contributed by atoms with E-state index in [0.717, 1.165) is 47.9 Å². The maximum atomic E-state index is 10.4. The quantitative estimate of drug-likeness (QED) is 0.151. The predicted octanol–water partition coefficient (Wildman–Crippen LogP) is 6.14. The van der Waals surface area contributed by atoms with Crippen molar-refractivity contribution in [3.05, 3.63) is 70.8 Å². The molecule has 46 heavy (non-hydrogen) atoms. The Labute approximate surface area is 269 Å². The molecule has 1 saturated carbocycles. The largest absolute Gasteiger partial charge is 0.427 e. The van der Waals surface area contributed by atoms with Gasteiger partial charge in [0.2, 0.25) is 18.2 Å². The lowest BCUT2D eigenvalue weighted by molar-refractivity contribution is 0.0701. The summed E-state index contributed by atoms with van der Waals surface area (Å²) in [5.74, 6) is 0.924. The minimum atomic E-state index is -0.703. The van der Waals surface area contributed by atoms with Crippen molar-refractivity contribution in [2.24, 2.45) is 26.8 Å². The number of nitriles is 3. The molecule has 1 aliphatic carbocycles. The third kappa shape index (κ3) is 14.8. The first-order valence-electron chi connectivity index (χ1n) is 14.5. The number of aliphatic imine (C=N–C) groups is 3. The van der Waals surface area contributed by atoms with Crippen LogP contribution in [0, 0.1) is 46.4 Å². The van der Waals surface area contributed by atoms with Crippen LogP contribution in [0.1, 0.15) is 75.6 Å². The van der Waals surface area contributed by atoms with Crippen molar-refractivity contribution in [3.8, 4) is 18.8 Å².